The predicted molar refractivity (Wildman–Crippen MR) is 145 cm³/mol. The summed E-state index contributed by atoms with van der Waals surface area (Å²) in [6.45, 7) is 4.05. The molecule has 10 nitrogen and oxygen atoms in total. The van der Waals surface area contributed by atoms with E-state index in [2.05, 4.69) is 30.1 Å². The summed E-state index contributed by atoms with van der Waals surface area (Å²) in [5.74, 6) is -1.70. The Morgan fingerprint density at radius 3 is 2.45 bits per heavy atom. The average Bonchev–Trinajstić information content (AvgIpc) is 3.39. The van der Waals surface area contributed by atoms with Crippen LogP contribution in [-0.4, -0.2) is 70.1 Å². The molecule has 1 amide bonds. The zero-order chi connectivity index (χ0) is 28.8. The number of amides is 1. The minimum absolute atomic E-state index is 0.0361. The number of carbonyl (C=O) groups excluding carboxylic acids is 1. The molecule has 0 aliphatic carbocycles. The molecule has 3 aromatic heterocycles. The molecule has 1 saturated heterocycles. The summed E-state index contributed by atoms with van der Waals surface area (Å²) in [6, 6.07) is 4.70. The fourth-order valence-electron chi connectivity index (χ4n) is 4.56. The lowest BCUT2D eigenvalue weighted by atomic mass is 9.96. The Labute approximate surface area is 229 Å². The van der Waals surface area contributed by atoms with Crippen molar-refractivity contribution in [1.82, 2.24) is 19.9 Å². The van der Waals surface area contributed by atoms with E-state index >= 15 is 0 Å². The van der Waals surface area contributed by atoms with Gasteiger partial charge in [-0.05, 0) is 25.2 Å². The van der Waals surface area contributed by atoms with Gasteiger partial charge in [-0.25, -0.2) is 14.8 Å². The number of fused-ring (bicyclic) bond motifs is 1. The Kier molecular flexibility index (Phi) is 7.06. The number of aromatic amines is 1. The maximum Gasteiger partial charge on any atom is 0.434 e. The second-order valence-electron chi connectivity index (χ2n) is 9.37. The van der Waals surface area contributed by atoms with Crippen LogP contribution in [0.15, 0.2) is 40.8 Å². The van der Waals surface area contributed by atoms with Crippen LogP contribution in [0.4, 0.5) is 24.7 Å². The average molecular weight is 573 g/mol. The van der Waals surface area contributed by atoms with Crippen molar-refractivity contribution in [3.05, 3.63) is 57.5 Å². The number of hydrogen-bond acceptors (Lipinski definition) is 8. The highest BCUT2D eigenvalue weighted by Crippen LogP contribution is 2.42. The SMILES string of the molecule is CC(=O)Nc1cc(-c2nc(C(F)(F)F)cs2)c(-c2cc3c(=O)c(C(=O)O)c[nH]c3cc2N2CCN(C)CC2)cn1. The zero-order valence-electron chi connectivity index (χ0n) is 21.3. The number of aromatic nitrogens is 3. The van der Waals surface area contributed by atoms with Gasteiger partial charge in [0, 0.05) is 78.6 Å². The maximum atomic E-state index is 13.4. The molecular weight excluding hydrogens is 549 g/mol. The van der Waals surface area contributed by atoms with Gasteiger partial charge in [0.15, 0.2) is 5.69 Å². The largest absolute Gasteiger partial charge is 0.477 e. The standard InChI is InChI=1S/C26H23F3N6O4S/c1-13(36)32-22-8-15(24-33-21(12-40-24)26(27,28)29)17(10-31-22)14-7-16-19(30-11-18(23(16)37)25(38)39)9-20(14)35-5-3-34(2)4-6-35/h7-12H,3-6H2,1-2H3,(H,30,37)(H,38,39)(H,31,32,36). The van der Waals surface area contributed by atoms with Crippen LogP contribution in [0.5, 0.6) is 0 Å². The summed E-state index contributed by atoms with van der Waals surface area (Å²) in [5, 5.41) is 13.1. The molecule has 40 heavy (non-hydrogen) atoms. The third-order valence-corrected chi connectivity index (χ3v) is 7.47. The Hall–Kier alpha value is -4.30. The van der Waals surface area contributed by atoms with E-state index in [0.29, 0.717) is 35.4 Å². The molecule has 1 aliphatic heterocycles. The maximum absolute atomic E-state index is 13.4. The van der Waals surface area contributed by atoms with Gasteiger partial charge in [-0.15, -0.1) is 11.3 Å². The van der Waals surface area contributed by atoms with E-state index in [1.807, 2.05) is 7.05 Å². The lowest BCUT2D eigenvalue weighted by Gasteiger charge is -2.35. The van der Waals surface area contributed by atoms with Gasteiger partial charge >= 0.3 is 12.1 Å². The number of alkyl halides is 3. The number of likely N-dealkylation sites (N-methyl/N-ethyl adjacent to an activating group) is 1. The van der Waals surface area contributed by atoms with Crippen molar-refractivity contribution >= 4 is 45.6 Å². The first-order chi connectivity index (χ1) is 18.9. The van der Waals surface area contributed by atoms with Gasteiger partial charge in [-0.2, -0.15) is 13.2 Å². The summed E-state index contributed by atoms with van der Waals surface area (Å²) in [6.07, 6.45) is -2.11. The summed E-state index contributed by atoms with van der Waals surface area (Å²) < 4.78 is 40.3. The van der Waals surface area contributed by atoms with Gasteiger partial charge in [0.25, 0.3) is 0 Å². The number of benzene rings is 1. The number of nitrogens with one attached hydrogen (secondary N) is 2. The predicted octanol–water partition coefficient (Wildman–Crippen LogP) is 4.14. The summed E-state index contributed by atoms with van der Waals surface area (Å²) >= 11 is 0.783. The number of carboxylic acid groups (broad SMARTS) is 1. The number of hydrogen-bond donors (Lipinski definition) is 3. The minimum atomic E-state index is -4.66. The Morgan fingerprint density at radius 2 is 1.82 bits per heavy atom. The first kappa shape index (κ1) is 27.3. The molecule has 1 fully saturated rings. The summed E-state index contributed by atoms with van der Waals surface area (Å²) in [4.78, 5) is 51.7. The number of carbonyl (C=O) groups is 2. The molecule has 0 bridgehead atoms. The molecule has 0 radical (unpaired) electrons. The van der Waals surface area contributed by atoms with Crippen molar-refractivity contribution in [2.45, 2.75) is 13.1 Å². The molecule has 0 unspecified atom stereocenters. The van der Waals surface area contributed by atoms with Crippen LogP contribution in [0, 0.1) is 0 Å². The van der Waals surface area contributed by atoms with Crippen LogP contribution >= 0.6 is 11.3 Å². The number of halogens is 3. The molecule has 208 valence electrons. The molecule has 0 saturated carbocycles. The van der Waals surface area contributed by atoms with Crippen molar-refractivity contribution in [1.29, 1.82) is 0 Å². The third-order valence-electron chi connectivity index (χ3n) is 6.59. The summed E-state index contributed by atoms with van der Waals surface area (Å²) in [7, 11) is 1.99. The molecule has 1 aliphatic rings. The quantitative estimate of drug-likeness (QED) is 0.325. The zero-order valence-corrected chi connectivity index (χ0v) is 22.1. The Bertz CT molecular complexity index is 1690. The topological polar surface area (TPSA) is 132 Å². The number of rotatable bonds is 5. The summed E-state index contributed by atoms with van der Waals surface area (Å²) in [5.41, 5.74) is -0.0199. The number of thiazole rings is 1. The van der Waals surface area contributed by atoms with Gasteiger partial charge in [0.1, 0.15) is 16.4 Å². The normalized spacial score (nSPS) is 14.5. The number of pyridine rings is 2. The fraction of sp³-hybridized carbons (Fsp3) is 0.269. The van der Waals surface area contributed by atoms with E-state index in [1.165, 1.54) is 25.3 Å². The van der Waals surface area contributed by atoms with E-state index in [9.17, 15) is 32.7 Å². The lowest BCUT2D eigenvalue weighted by molar-refractivity contribution is -0.140. The minimum Gasteiger partial charge on any atom is -0.477 e. The third kappa shape index (κ3) is 5.27. The number of piperazine rings is 1. The molecular formula is C26H23F3N6O4S. The number of aromatic carboxylic acids is 1. The van der Waals surface area contributed by atoms with Crippen molar-refractivity contribution in [3.63, 3.8) is 0 Å². The van der Waals surface area contributed by atoms with Crippen LogP contribution < -0.4 is 15.6 Å². The molecule has 0 spiro atoms. The van der Waals surface area contributed by atoms with Gasteiger partial charge in [-0.1, -0.05) is 0 Å². The van der Waals surface area contributed by atoms with E-state index in [1.54, 1.807) is 6.07 Å². The number of H-pyrrole nitrogens is 1. The van der Waals surface area contributed by atoms with Gasteiger partial charge in [-0.3, -0.25) is 9.59 Å². The van der Waals surface area contributed by atoms with Gasteiger partial charge in [0.05, 0.1) is 5.52 Å². The first-order valence-electron chi connectivity index (χ1n) is 12.1. The van der Waals surface area contributed by atoms with Gasteiger partial charge < -0.3 is 25.2 Å². The first-order valence-corrected chi connectivity index (χ1v) is 13.0. The van der Waals surface area contributed by atoms with E-state index in [4.69, 9.17) is 0 Å². The molecule has 4 aromatic rings. The number of anilines is 2. The van der Waals surface area contributed by atoms with Gasteiger partial charge in [0.2, 0.25) is 11.3 Å². The van der Waals surface area contributed by atoms with Crippen LogP contribution in [0.1, 0.15) is 23.0 Å². The molecule has 14 heteroatoms. The van der Waals surface area contributed by atoms with E-state index < -0.39 is 34.7 Å². The molecule has 1 aromatic carbocycles. The Balaban J connectivity index is 1.79. The van der Waals surface area contributed by atoms with Crippen molar-refractivity contribution < 1.29 is 27.9 Å². The highest BCUT2D eigenvalue weighted by molar-refractivity contribution is 7.13. The molecule has 4 heterocycles. The lowest BCUT2D eigenvalue weighted by Crippen LogP contribution is -2.44. The van der Waals surface area contributed by atoms with Crippen LogP contribution in [0.2, 0.25) is 0 Å². The second kappa shape index (κ2) is 10.4. The van der Waals surface area contributed by atoms with E-state index in [-0.39, 0.29) is 21.8 Å². The number of carboxylic acids is 1. The second-order valence-corrected chi connectivity index (χ2v) is 10.2. The van der Waals surface area contributed by atoms with Crippen molar-refractivity contribution in [3.8, 4) is 21.7 Å². The smallest absolute Gasteiger partial charge is 0.434 e. The van der Waals surface area contributed by atoms with E-state index in [0.717, 1.165) is 36.0 Å². The number of nitrogens with zero attached hydrogens (tertiary/aromatic N) is 4. The fourth-order valence-corrected chi connectivity index (χ4v) is 5.42. The van der Waals surface area contributed by atoms with Crippen LogP contribution in [0.3, 0.4) is 0 Å². The molecule has 0 atom stereocenters. The highest BCUT2D eigenvalue weighted by atomic mass is 32.1. The van der Waals surface area contributed by atoms with Crippen molar-refractivity contribution in [2.24, 2.45) is 0 Å². The molecule has 5 rings (SSSR count). The van der Waals surface area contributed by atoms with Crippen LogP contribution in [0.25, 0.3) is 32.6 Å². The Morgan fingerprint density at radius 1 is 1.10 bits per heavy atom. The monoisotopic (exact) mass is 572 g/mol. The van der Waals surface area contributed by atoms with Crippen LogP contribution in [-0.2, 0) is 11.0 Å². The highest BCUT2D eigenvalue weighted by Gasteiger charge is 2.34. The molecule has 3 N–H and O–H groups in total. The van der Waals surface area contributed by atoms with Crippen molar-refractivity contribution in [2.75, 3.05) is 43.4 Å².